The fraction of sp³-hybridized carbons (Fsp3) is 0.435. The number of anilines is 2. The molecular weight excluding hydrogens is 378 g/mol. The third-order valence-electron chi connectivity index (χ3n) is 6.02. The van der Waals surface area contributed by atoms with Gasteiger partial charge in [0.2, 0.25) is 0 Å². The quantitative estimate of drug-likeness (QED) is 0.782. The average molecular weight is 408 g/mol. The van der Waals surface area contributed by atoms with Gasteiger partial charge in [0.25, 0.3) is 5.91 Å². The standard InChI is InChI=1S/C23H29N5O2/c1-4-18-15-17(2)21(24-16-18)26-10-12-27(13-11-26)22(29)19-5-7-20(8-6-19)28-14-9-25(3)23(28)30/h5-8,15-16H,4,9-14H2,1-3H3. The average Bonchev–Trinajstić information content (AvgIpc) is 3.11. The van der Waals surface area contributed by atoms with Gasteiger partial charge in [0.15, 0.2) is 0 Å². The molecule has 2 saturated heterocycles. The van der Waals surface area contributed by atoms with E-state index in [1.165, 1.54) is 11.1 Å². The van der Waals surface area contributed by atoms with Gasteiger partial charge >= 0.3 is 6.03 Å². The Bertz CT molecular complexity index is 935. The summed E-state index contributed by atoms with van der Waals surface area (Å²) in [5.41, 5.74) is 3.93. The summed E-state index contributed by atoms with van der Waals surface area (Å²) >= 11 is 0. The van der Waals surface area contributed by atoms with Crippen LogP contribution in [0.4, 0.5) is 16.3 Å². The van der Waals surface area contributed by atoms with Crippen molar-refractivity contribution in [2.75, 3.05) is 56.1 Å². The molecule has 0 saturated carbocycles. The van der Waals surface area contributed by atoms with Crippen LogP contribution in [0.15, 0.2) is 36.5 Å². The van der Waals surface area contributed by atoms with Gasteiger partial charge in [-0.2, -0.15) is 0 Å². The summed E-state index contributed by atoms with van der Waals surface area (Å²) in [6.07, 6.45) is 2.93. The zero-order valence-corrected chi connectivity index (χ0v) is 18.0. The number of likely N-dealkylation sites (N-methyl/N-ethyl adjacent to an activating group) is 1. The van der Waals surface area contributed by atoms with Gasteiger partial charge in [-0.05, 0) is 48.7 Å². The van der Waals surface area contributed by atoms with E-state index in [-0.39, 0.29) is 11.9 Å². The topological polar surface area (TPSA) is 60.0 Å². The first-order valence-electron chi connectivity index (χ1n) is 10.6. The minimum atomic E-state index is 0.000991. The fourth-order valence-corrected chi connectivity index (χ4v) is 4.12. The lowest BCUT2D eigenvalue weighted by molar-refractivity contribution is 0.0746. The Labute approximate surface area is 177 Å². The number of hydrogen-bond acceptors (Lipinski definition) is 4. The van der Waals surface area contributed by atoms with Crippen molar-refractivity contribution in [3.63, 3.8) is 0 Å². The molecule has 4 rings (SSSR count). The van der Waals surface area contributed by atoms with E-state index in [0.717, 1.165) is 37.6 Å². The zero-order chi connectivity index (χ0) is 21.3. The van der Waals surface area contributed by atoms with Crippen molar-refractivity contribution in [1.29, 1.82) is 0 Å². The molecule has 0 radical (unpaired) electrons. The number of aromatic nitrogens is 1. The Balaban J connectivity index is 1.38. The molecule has 2 aliphatic rings. The van der Waals surface area contributed by atoms with Crippen LogP contribution in [0.25, 0.3) is 0 Å². The first-order chi connectivity index (χ1) is 14.5. The maximum atomic E-state index is 12.9. The highest BCUT2D eigenvalue weighted by atomic mass is 16.2. The predicted octanol–water partition coefficient (Wildman–Crippen LogP) is 2.79. The molecule has 3 heterocycles. The molecule has 2 aromatic rings. The lowest BCUT2D eigenvalue weighted by Gasteiger charge is -2.36. The molecule has 0 unspecified atom stereocenters. The van der Waals surface area contributed by atoms with E-state index >= 15 is 0 Å². The molecule has 7 heteroatoms. The Morgan fingerprint density at radius 3 is 2.30 bits per heavy atom. The number of carbonyl (C=O) groups excluding carboxylic acids is 2. The minimum absolute atomic E-state index is 0.000991. The van der Waals surface area contributed by atoms with Gasteiger partial charge in [-0.3, -0.25) is 9.69 Å². The number of urea groups is 1. The molecule has 0 bridgehead atoms. The van der Waals surface area contributed by atoms with E-state index < -0.39 is 0 Å². The Morgan fingerprint density at radius 1 is 1.03 bits per heavy atom. The second kappa shape index (κ2) is 8.34. The van der Waals surface area contributed by atoms with Gasteiger partial charge in [-0.15, -0.1) is 0 Å². The first kappa shape index (κ1) is 20.2. The molecule has 3 amide bonds. The van der Waals surface area contributed by atoms with E-state index in [2.05, 4.69) is 29.8 Å². The third kappa shape index (κ3) is 3.84. The summed E-state index contributed by atoms with van der Waals surface area (Å²) in [5.74, 6) is 1.06. The van der Waals surface area contributed by atoms with Gasteiger partial charge in [0.05, 0.1) is 0 Å². The van der Waals surface area contributed by atoms with Crippen molar-refractivity contribution >= 4 is 23.4 Å². The van der Waals surface area contributed by atoms with E-state index in [1.807, 2.05) is 35.4 Å². The summed E-state index contributed by atoms with van der Waals surface area (Å²) in [7, 11) is 1.80. The number of hydrogen-bond donors (Lipinski definition) is 0. The summed E-state index contributed by atoms with van der Waals surface area (Å²) in [4.78, 5) is 37.3. The lowest BCUT2D eigenvalue weighted by Crippen LogP contribution is -2.49. The first-order valence-corrected chi connectivity index (χ1v) is 10.6. The summed E-state index contributed by atoms with van der Waals surface area (Å²) < 4.78 is 0. The van der Waals surface area contributed by atoms with Gasteiger partial charge in [0, 0.05) is 63.8 Å². The predicted molar refractivity (Wildman–Crippen MR) is 118 cm³/mol. The van der Waals surface area contributed by atoms with Crippen LogP contribution in [-0.2, 0) is 6.42 Å². The SMILES string of the molecule is CCc1cnc(N2CCN(C(=O)c3ccc(N4CCN(C)C4=O)cc3)CC2)c(C)c1. The zero-order valence-electron chi connectivity index (χ0n) is 18.0. The van der Waals surface area contributed by atoms with Crippen molar-refractivity contribution in [3.05, 3.63) is 53.2 Å². The highest BCUT2D eigenvalue weighted by Gasteiger charge is 2.27. The summed E-state index contributed by atoms with van der Waals surface area (Å²) in [6, 6.07) is 9.58. The van der Waals surface area contributed by atoms with Crippen LogP contribution in [0.2, 0.25) is 0 Å². The molecule has 1 aromatic carbocycles. The molecule has 2 aliphatic heterocycles. The molecule has 7 nitrogen and oxygen atoms in total. The second-order valence-electron chi connectivity index (χ2n) is 8.02. The molecule has 0 spiro atoms. The number of benzene rings is 1. The largest absolute Gasteiger partial charge is 0.353 e. The van der Waals surface area contributed by atoms with Crippen molar-refractivity contribution in [1.82, 2.24) is 14.8 Å². The van der Waals surface area contributed by atoms with E-state index in [4.69, 9.17) is 0 Å². The van der Waals surface area contributed by atoms with Crippen molar-refractivity contribution in [3.8, 4) is 0 Å². The smallest absolute Gasteiger partial charge is 0.324 e. The lowest BCUT2D eigenvalue weighted by atomic mass is 10.1. The van der Waals surface area contributed by atoms with Crippen molar-refractivity contribution < 1.29 is 9.59 Å². The van der Waals surface area contributed by atoms with Crippen LogP contribution in [0.1, 0.15) is 28.4 Å². The molecule has 0 N–H and O–H groups in total. The number of carbonyl (C=O) groups is 2. The number of rotatable bonds is 4. The number of aryl methyl sites for hydroxylation is 2. The molecule has 0 aliphatic carbocycles. The van der Waals surface area contributed by atoms with E-state index in [1.54, 1.807) is 16.8 Å². The molecule has 0 atom stereocenters. The van der Waals surface area contributed by atoms with Gasteiger partial charge in [0.1, 0.15) is 5.82 Å². The van der Waals surface area contributed by atoms with Crippen LogP contribution in [-0.4, -0.2) is 73.0 Å². The third-order valence-corrected chi connectivity index (χ3v) is 6.02. The van der Waals surface area contributed by atoms with E-state index in [0.29, 0.717) is 25.2 Å². The number of piperazine rings is 1. The summed E-state index contributed by atoms with van der Waals surface area (Å²) in [6.45, 7) is 8.53. The Hall–Kier alpha value is -3.09. The highest BCUT2D eigenvalue weighted by Crippen LogP contribution is 2.23. The van der Waals surface area contributed by atoms with Crippen molar-refractivity contribution in [2.45, 2.75) is 20.3 Å². The van der Waals surface area contributed by atoms with Gasteiger partial charge < -0.3 is 14.7 Å². The minimum Gasteiger partial charge on any atom is -0.353 e. The number of pyridine rings is 1. The van der Waals surface area contributed by atoms with Crippen LogP contribution in [0, 0.1) is 6.92 Å². The maximum absolute atomic E-state index is 12.9. The normalized spacial score (nSPS) is 17.1. The maximum Gasteiger partial charge on any atom is 0.324 e. The second-order valence-corrected chi connectivity index (χ2v) is 8.02. The molecule has 1 aromatic heterocycles. The number of nitrogens with zero attached hydrogens (tertiary/aromatic N) is 5. The van der Waals surface area contributed by atoms with Gasteiger partial charge in [-0.1, -0.05) is 13.0 Å². The molecular formula is C23H29N5O2. The fourth-order valence-electron chi connectivity index (χ4n) is 4.12. The van der Waals surface area contributed by atoms with Crippen LogP contribution in [0.3, 0.4) is 0 Å². The van der Waals surface area contributed by atoms with Crippen LogP contribution in [0.5, 0.6) is 0 Å². The van der Waals surface area contributed by atoms with Gasteiger partial charge in [-0.25, -0.2) is 9.78 Å². The molecule has 30 heavy (non-hydrogen) atoms. The number of amides is 3. The van der Waals surface area contributed by atoms with Crippen LogP contribution >= 0.6 is 0 Å². The Morgan fingerprint density at radius 2 is 1.73 bits per heavy atom. The van der Waals surface area contributed by atoms with E-state index in [9.17, 15) is 9.59 Å². The molecule has 2 fully saturated rings. The summed E-state index contributed by atoms with van der Waals surface area (Å²) in [5, 5.41) is 0. The molecule has 158 valence electrons. The highest BCUT2D eigenvalue weighted by molar-refractivity contribution is 5.97. The monoisotopic (exact) mass is 407 g/mol. The van der Waals surface area contributed by atoms with Crippen molar-refractivity contribution in [2.24, 2.45) is 0 Å². The Kier molecular flexibility index (Phi) is 5.61. The van der Waals surface area contributed by atoms with Crippen LogP contribution < -0.4 is 9.80 Å².